The standard InChI is InChI=1S/C16H14F3NO/c1-11(21)20-15(12-5-3-2-4-6-12)13-7-9-14(10-8-13)16(17,18)19/h2-10,15H,1H3,(H,20,21)/t15-/m0/s1. The first-order chi connectivity index (χ1) is 9.88. The molecule has 2 nitrogen and oxygen atoms in total. The monoisotopic (exact) mass is 293 g/mol. The van der Waals surface area contributed by atoms with Crippen LogP contribution in [0.4, 0.5) is 13.2 Å². The molecular formula is C16H14F3NO. The van der Waals surface area contributed by atoms with E-state index in [-0.39, 0.29) is 5.91 Å². The molecule has 0 bridgehead atoms. The van der Waals surface area contributed by atoms with E-state index in [0.29, 0.717) is 5.56 Å². The molecule has 0 heterocycles. The van der Waals surface area contributed by atoms with Gasteiger partial charge in [-0.2, -0.15) is 13.2 Å². The number of halogens is 3. The summed E-state index contributed by atoms with van der Waals surface area (Å²) in [6.07, 6.45) is -4.37. The summed E-state index contributed by atoms with van der Waals surface area (Å²) in [6.45, 7) is 1.38. The molecule has 0 spiro atoms. The van der Waals surface area contributed by atoms with Crippen LogP contribution in [0.2, 0.25) is 0 Å². The van der Waals surface area contributed by atoms with Gasteiger partial charge in [0.15, 0.2) is 0 Å². The maximum atomic E-state index is 12.6. The summed E-state index contributed by atoms with van der Waals surface area (Å²) in [4.78, 5) is 11.3. The van der Waals surface area contributed by atoms with Crippen molar-refractivity contribution in [3.8, 4) is 0 Å². The largest absolute Gasteiger partial charge is 0.416 e. The van der Waals surface area contributed by atoms with Gasteiger partial charge in [0.2, 0.25) is 5.91 Å². The SMILES string of the molecule is CC(=O)N[C@@H](c1ccccc1)c1ccc(C(F)(F)F)cc1. The molecule has 1 atom stereocenters. The summed E-state index contributed by atoms with van der Waals surface area (Å²) in [5, 5.41) is 2.75. The highest BCUT2D eigenvalue weighted by Gasteiger charge is 2.30. The topological polar surface area (TPSA) is 29.1 Å². The second kappa shape index (κ2) is 5.99. The smallest absolute Gasteiger partial charge is 0.345 e. The van der Waals surface area contributed by atoms with Gasteiger partial charge < -0.3 is 5.32 Å². The number of hydrogen-bond donors (Lipinski definition) is 1. The highest BCUT2D eigenvalue weighted by molar-refractivity contribution is 5.74. The Morgan fingerprint density at radius 3 is 1.95 bits per heavy atom. The zero-order valence-corrected chi connectivity index (χ0v) is 11.3. The Labute approximate surface area is 120 Å². The second-order valence-corrected chi connectivity index (χ2v) is 4.66. The number of alkyl halides is 3. The van der Waals surface area contributed by atoms with E-state index < -0.39 is 17.8 Å². The van der Waals surface area contributed by atoms with Crippen LogP contribution in [0.25, 0.3) is 0 Å². The van der Waals surface area contributed by atoms with Crippen LogP contribution in [0.3, 0.4) is 0 Å². The third kappa shape index (κ3) is 3.84. The van der Waals surface area contributed by atoms with E-state index in [1.807, 2.05) is 30.3 Å². The molecule has 0 radical (unpaired) electrons. The Balaban J connectivity index is 2.36. The first-order valence-electron chi connectivity index (χ1n) is 6.37. The average Bonchev–Trinajstić information content (AvgIpc) is 2.45. The lowest BCUT2D eigenvalue weighted by molar-refractivity contribution is -0.137. The number of rotatable bonds is 3. The van der Waals surface area contributed by atoms with Crippen molar-refractivity contribution in [2.45, 2.75) is 19.1 Å². The average molecular weight is 293 g/mol. The molecule has 2 rings (SSSR count). The van der Waals surface area contributed by atoms with Crippen LogP contribution in [0.1, 0.15) is 29.7 Å². The summed E-state index contributed by atoms with van der Waals surface area (Å²) in [7, 11) is 0. The van der Waals surface area contributed by atoms with Crippen molar-refractivity contribution in [3.63, 3.8) is 0 Å². The normalized spacial score (nSPS) is 12.8. The van der Waals surface area contributed by atoms with Gasteiger partial charge in [0.25, 0.3) is 0 Å². The summed E-state index contributed by atoms with van der Waals surface area (Å²) < 4.78 is 37.8. The third-order valence-electron chi connectivity index (χ3n) is 3.05. The minimum atomic E-state index is -4.37. The van der Waals surface area contributed by atoms with Gasteiger partial charge in [-0.15, -0.1) is 0 Å². The van der Waals surface area contributed by atoms with Gasteiger partial charge in [0.05, 0.1) is 11.6 Å². The molecule has 5 heteroatoms. The van der Waals surface area contributed by atoms with Crippen LogP contribution in [0.15, 0.2) is 54.6 Å². The van der Waals surface area contributed by atoms with E-state index >= 15 is 0 Å². The molecule has 0 saturated heterocycles. The molecule has 1 N–H and O–H groups in total. The fraction of sp³-hybridized carbons (Fsp3) is 0.188. The molecule has 0 fully saturated rings. The summed E-state index contributed by atoms with van der Waals surface area (Å²) in [5.41, 5.74) is 0.706. The summed E-state index contributed by atoms with van der Waals surface area (Å²) in [5.74, 6) is -0.247. The lowest BCUT2D eigenvalue weighted by Gasteiger charge is -2.19. The van der Waals surface area contributed by atoms with Crippen LogP contribution >= 0.6 is 0 Å². The number of benzene rings is 2. The Morgan fingerprint density at radius 1 is 0.952 bits per heavy atom. The molecule has 0 aliphatic rings. The predicted molar refractivity (Wildman–Crippen MR) is 73.5 cm³/mol. The van der Waals surface area contributed by atoms with Crippen molar-refractivity contribution in [1.29, 1.82) is 0 Å². The minimum Gasteiger partial charge on any atom is -0.345 e. The lowest BCUT2D eigenvalue weighted by Crippen LogP contribution is -2.26. The van der Waals surface area contributed by atoms with Gasteiger partial charge in [0, 0.05) is 6.92 Å². The third-order valence-corrected chi connectivity index (χ3v) is 3.05. The molecule has 0 aromatic heterocycles. The van der Waals surface area contributed by atoms with Crippen LogP contribution in [-0.4, -0.2) is 5.91 Å². The fourth-order valence-corrected chi connectivity index (χ4v) is 2.07. The number of carbonyl (C=O) groups is 1. The van der Waals surface area contributed by atoms with Crippen molar-refractivity contribution in [1.82, 2.24) is 5.32 Å². The molecule has 110 valence electrons. The highest BCUT2D eigenvalue weighted by atomic mass is 19.4. The molecule has 0 aliphatic carbocycles. The van der Waals surface area contributed by atoms with E-state index in [1.54, 1.807) is 0 Å². The predicted octanol–water partition coefficient (Wildman–Crippen LogP) is 3.93. The van der Waals surface area contributed by atoms with Gasteiger partial charge in [-0.05, 0) is 23.3 Å². The van der Waals surface area contributed by atoms with E-state index in [2.05, 4.69) is 5.32 Å². The fourth-order valence-electron chi connectivity index (χ4n) is 2.07. The van der Waals surface area contributed by atoms with E-state index in [4.69, 9.17) is 0 Å². The van der Waals surface area contributed by atoms with Crippen LogP contribution < -0.4 is 5.32 Å². The Morgan fingerprint density at radius 2 is 1.48 bits per heavy atom. The number of hydrogen-bond acceptors (Lipinski definition) is 1. The summed E-state index contributed by atoms with van der Waals surface area (Å²) in [6, 6.07) is 13.4. The first-order valence-corrected chi connectivity index (χ1v) is 6.37. The van der Waals surface area contributed by atoms with Crippen molar-refractivity contribution in [2.75, 3.05) is 0 Å². The van der Waals surface area contributed by atoms with E-state index in [1.165, 1.54) is 19.1 Å². The Kier molecular flexibility index (Phi) is 4.31. The first kappa shape index (κ1) is 15.1. The Hall–Kier alpha value is -2.30. The van der Waals surface area contributed by atoms with Gasteiger partial charge in [-0.3, -0.25) is 4.79 Å². The highest BCUT2D eigenvalue weighted by Crippen LogP contribution is 2.31. The second-order valence-electron chi connectivity index (χ2n) is 4.66. The van der Waals surface area contributed by atoms with Gasteiger partial charge in [0.1, 0.15) is 0 Å². The number of amides is 1. The van der Waals surface area contributed by atoms with Crippen molar-refractivity contribution >= 4 is 5.91 Å². The minimum absolute atomic E-state index is 0.247. The number of nitrogens with one attached hydrogen (secondary N) is 1. The maximum absolute atomic E-state index is 12.6. The lowest BCUT2D eigenvalue weighted by atomic mass is 9.97. The van der Waals surface area contributed by atoms with Gasteiger partial charge in [-0.1, -0.05) is 42.5 Å². The molecule has 2 aromatic rings. The Bertz CT molecular complexity index is 606. The van der Waals surface area contributed by atoms with Gasteiger partial charge >= 0.3 is 6.18 Å². The van der Waals surface area contributed by atoms with Crippen molar-refractivity contribution < 1.29 is 18.0 Å². The summed E-state index contributed by atoms with van der Waals surface area (Å²) >= 11 is 0. The zero-order valence-electron chi connectivity index (χ0n) is 11.3. The van der Waals surface area contributed by atoms with E-state index in [0.717, 1.165) is 17.7 Å². The molecule has 0 unspecified atom stereocenters. The molecule has 1 amide bonds. The van der Waals surface area contributed by atoms with Crippen LogP contribution in [0.5, 0.6) is 0 Å². The molecule has 0 aliphatic heterocycles. The van der Waals surface area contributed by atoms with Crippen molar-refractivity contribution in [3.05, 3.63) is 71.3 Å². The zero-order chi connectivity index (χ0) is 15.5. The van der Waals surface area contributed by atoms with Crippen LogP contribution in [0, 0.1) is 0 Å². The molecule has 2 aromatic carbocycles. The van der Waals surface area contributed by atoms with E-state index in [9.17, 15) is 18.0 Å². The molecular weight excluding hydrogens is 279 g/mol. The number of carbonyl (C=O) groups excluding carboxylic acids is 1. The molecule has 0 saturated carbocycles. The maximum Gasteiger partial charge on any atom is 0.416 e. The van der Waals surface area contributed by atoms with Crippen LogP contribution in [-0.2, 0) is 11.0 Å². The van der Waals surface area contributed by atoms with Gasteiger partial charge in [-0.25, -0.2) is 0 Å². The quantitative estimate of drug-likeness (QED) is 0.912. The van der Waals surface area contributed by atoms with Crippen molar-refractivity contribution in [2.24, 2.45) is 0 Å². The molecule has 21 heavy (non-hydrogen) atoms.